The van der Waals surface area contributed by atoms with Gasteiger partial charge in [-0.15, -0.1) is 0 Å². The van der Waals surface area contributed by atoms with E-state index < -0.39 is 11.4 Å². The van der Waals surface area contributed by atoms with Crippen molar-refractivity contribution < 1.29 is 14.3 Å². The first-order valence-electron chi connectivity index (χ1n) is 4.55. The third kappa shape index (κ3) is 1.70. The van der Waals surface area contributed by atoms with Gasteiger partial charge >= 0.3 is 0 Å². The van der Waals surface area contributed by atoms with E-state index in [0.29, 0.717) is 0 Å². The maximum absolute atomic E-state index is 12.2. The molecule has 0 spiro atoms. The van der Waals surface area contributed by atoms with E-state index >= 15 is 0 Å². The zero-order valence-corrected chi connectivity index (χ0v) is 10.1. The van der Waals surface area contributed by atoms with E-state index in [4.69, 9.17) is 32.7 Å². The molecule has 2 aliphatic rings. The van der Waals surface area contributed by atoms with Crippen molar-refractivity contribution in [3.63, 3.8) is 0 Å². The molecule has 16 heavy (non-hydrogen) atoms. The van der Waals surface area contributed by atoms with Crippen LogP contribution < -0.4 is 10.6 Å². The number of nitrogens with one attached hydrogen (secondary N) is 2. The Morgan fingerprint density at radius 3 is 1.75 bits per heavy atom. The van der Waals surface area contributed by atoms with Crippen LogP contribution in [0.5, 0.6) is 0 Å². The summed E-state index contributed by atoms with van der Waals surface area (Å²) >= 11 is 11.3. The summed E-state index contributed by atoms with van der Waals surface area (Å²) in [5.74, 6) is -0.362. The lowest BCUT2D eigenvalue weighted by molar-refractivity contribution is -0.156. The number of hydrogen-bond donors (Lipinski definition) is 2. The summed E-state index contributed by atoms with van der Waals surface area (Å²) in [5.41, 5.74) is -2.51. The molecular weight excluding hydrogens is 255 g/mol. The monoisotopic (exact) mass is 264 g/mol. The van der Waals surface area contributed by atoms with Crippen LogP contribution in [-0.4, -0.2) is 17.2 Å². The smallest absolute Gasteiger partial charge is 0.260 e. The topological polar surface area (TPSA) is 59.6 Å². The van der Waals surface area contributed by atoms with Crippen LogP contribution >= 0.6 is 23.2 Å². The average molecular weight is 265 g/mol. The maximum atomic E-state index is 12.2. The van der Waals surface area contributed by atoms with Crippen molar-refractivity contribution in [2.24, 2.45) is 0 Å². The summed E-state index contributed by atoms with van der Waals surface area (Å²) in [6.45, 7) is 3.12. The van der Waals surface area contributed by atoms with Crippen LogP contribution in [0.3, 0.4) is 0 Å². The van der Waals surface area contributed by atoms with Crippen LogP contribution in [0.1, 0.15) is 13.8 Å². The van der Waals surface area contributed by atoms with Gasteiger partial charge in [-0.05, 0) is 23.2 Å². The molecule has 0 saturated carbocycles. The molecule has 2 rings (SSSR count). The van der Waals surface area contributed by atoms with E-state index in [1.807, 2.05) is 0 Å². The van der Waals surface area contributed by atoms with Gasteiger partial charge in [-0.25, -0.2) is 0 Å². The largest absolute Gasteiger partial charge is 0.448 e. The summed E-state index contributed by atoms with van der Waals surface area (Å²) in [5, 5.41) is 5.74. The van der Waals surface area contributed by atoms with Crippen LogP contribution in [0.25, 0.3) is 0 Å². The Morgan fingerprint density at radius 1 is 1.12 bits per heavy atom. The lowest BCUT2D eigenvalue weighted by atomic mass is 10.0. The Morgan fingerprint density at radius 2 is 1.50 bits per heavy atom. The number of halogens is 2. The molecule has 0 amide bonds. The third-order valence-corrected chi connectivity index (χ3v) is 2.76. The van der Waals surface area contributed by atoms with E-state index in [0.717, 1.165) is 0 Å². The molecule has 2 atom stereocenters. The minimum Gasteiger partial charge on any atom is -0.448 e. The van der Waals surface area contributed by atoms with E-state index in [-0.39, 0.29) is 16.2 Å². The molecule has 5 nitrogen and oxygen atoms in total. The molecule has 0 aromatic rings. The lowest BCUT2D eigenvalue weighted by Crippen LogP contribution is -2.59. The number of ether oxygens (including phenoxy) is 2. The number of hydrogen-bond acceptors (Lipinski definition) is 5. The Kier molecular flexibility index (Phi) is 2.47. The van der Waals surface area contributed by atoms with Gasteiger partial charge in [0.2, 0.25) is 21.9 Å². The Labute approximate surface area is 102 Å². The van der Waals surface area contributed by atoms with Gasteiger partial charge in [0.05, 0.1) is 12.4 Å². The molecule has 0 aromatic carbocycles. The van der Waals surface area contributed by atoms with Gasteiger partial charge in [0, 0.05) is 13.8 Å². The van der Waals surface area contributed by atoms with Gasteiger partial charge in [0.1, 0.15) is 0 Å². The first kappa shape index (κ1) is 11.4. The molecule has 2 unspecified atom stereocenters. The Balaban J connectivity index is 2.15. The van der Waals surface area contributed by atoms with Crippen molar-refractivity contribution >= 4 is 29.0 Å². The highest BCUT2D eigenvalue weighted by Crippen LogP contribution is 2.31. The highest BCUT2D eigenvalue weighted by molar-refractivity contribution is 6.29. The maximum Gasteiger partial charge on any atom is 0.260 e. The fourth-order valence-corrected chi connectivity index (χ4v) is 1.99. The van der Waals surface area contributed by atoms with Gasteiger partial charge in [-0.2, -0.15) is 0 Å². The Bertz CT molecular complexity index is 374. The number of rotatable bonds is 2. The van der Waals surface area contributed by atoms with Gasteiger partial charge in [-0.1, -0.05) is 0 Å². The van der Waals surface area contributed by atoms with Gasteiger partial charge in [0.25, 0.3) is 5.78 Å². The predicted octanol–water partition coefficient (Wildman–Crippen LogP) is 1.30. The number of carbonyl (C=O) groups is 1. The highest BCUT2D eigenvalue weighted by atomic mass is 35.5. The van der Waals surface area contributed by atoms with E-state index in [1.54, 1.807) is 13.8 Å². The van der Waals surface area contributed by atoms with Crippen molar-refractivity contribution in [2.75, 3.05) is 0 Å². The SMILES string of the molecule is CC1(C(=O)C2(C)NC=C(Cl)O2)NC=C(Cl)O1. The molecule has 2 aliphatic heterocycles. The van der Waals surface area contributed by atoms with E-state index in [1.165, 1.54) is 12.4 Å². The highest BCUT2D eigenvalue weighted by Gasteiger charge is 2.52. The fraction of sp³-hybridized carbons (Fsp3) is 0.444. The van der Waals surface area contributed by atoms with Gasteiger partial charge in [-0.3, -0.25) is 4.79 Å². The van der Waals surface area contributed by atoms with Crippen LogP contribution in [-0.2, 0) is 14.3 Å². The minimum atomic E-state index is -1.26. The molecule has 88 valence electrons. The minimum absolute atomic E-state index is 0.122. The predicted molar refractivity (Wildman–Crippen MR) is 58.1 cm³/mol. The van der Waals surface area contributed by atoms with Crippen molar-refractivity contribution in [1.82, 2.24) is 10.6 Å². The van der Waals surface area contributed by atoms with Crippen molar-refractivity contribution in [3.8, 4) is 0 Å². The first-order valence-corrected chi connectivity index (χ1v) is 5.31. The molecule has 0 bridgehead atoms. The van der Waals surface area contributed by atoms with Gasteiger partial charge in [0.15, 0.2) is 0 Å². The number of carbonyl (C=O) groups excluding carboxylic acids is 1. The van der Waals surface area contributed by atoms with Crippen molar-refractivity contribution in [2.45, 2.75) is 25.3 Å². The van der Waals surface area contributed by atoms with Gasteiger partial charge < -0.3 is 20.1 Å². The summed E-state index contributed by atoms with van der Waals surface area (Å²) < 4.78 is 10.4. The Hall–Kier alpha value is -1.07. The van der Waals surface area contributed by atoms with Crippen LogP contribution in [0.4, 0.5) is 0 Å². The summed E-state index contributed by atoms with van der Waals surface area (Å²) in [6.07, 6.45) is 2.82. The molecule has 2 heterocycles. The molecule has 0 fully saturated rings. The van der Waals surface area contributed by atoms with E-state index in [9.17, 15) is 4.79 Å². The first-order chi connectivity index (χ1) is 7.36. The second kappa shape index (κ2) is 3.46. The quantitative estimate of drug-likeness (QED) is 0.788. The molecule has 2 N–H and O–H groups in total. The molecule has 7 heteroatoms. The van der Waals surface area contributed by atoms with Crippen molar-refractivity contribution in [3.05, 3.63) is 22.8 Å². The van der Waals surface area contributed by atoms with Crippen LogP contribution in [0.2, 0.25) is 0 Å². The second-order valence-corrected chi connectivity index (χ2v) is 4.53. The van der Waals surface area contributed by atoms with E-state index in [2.05, 4.69) is 10.6 Å². The molecule has 0 aromatic heterocycles. The third-order valence-electron chi connectivity index (χ3n) is 2.39. The second-order valence-electron chi connectivity index (χ2n) is 3.79. The normalized spacial score (nSPS) is 36.5. The number of ketones is 1. The summed E-state index contributed by atoms with van der Waals surface area (Å²) in [4.78, 5) is 12.2. The zero-order valence-electron chi connectivity index (χ0n) is 8.64. The molecule has 0 saturated heterocycles. The van der Waals surface area contributed by atoms with Crippen molar-refractivity contribution in [1.29, 1.82) is 0 Å². The fourth-order valence-electron chi connectivity index (χ4n) is 1.58. The molecule has 0 radical (unpaired) electrons. The lowest BCUT2D eigenvalue weighted by Gasteiger charge is -2.32. The summed E-state index contributed by atoms with van der Waals surface area (Å²) in [6, 6.07) is 0. The summed E-state index contributed by atoms with van der Waals surface area (Å²) in [7, 11) is 0. The molecule has 0 aliphatic carbocycles. The molecular formula is C9H10Cl2N2O3. The zero-order chi connectivity index (χ0) is 12.0. The van der Waals surface area contributed by atoms with Crippen LogP contribution in [0, 0.1) is 0 Å². The van der Waals surface area contributed by atoms with Crippen LogP contribution in [0.15, 0.2) is 22.8 Å². The number of Topliss-reactive ketones (excluding diaryl/α,β-unsaturated/α-hetero) is 1. The standard InChI is InChI=1S/C9H10Cl2N2O3/c1-8(12-3-5(10)15-8)7(14)9(2)13-4-6(11)16-9/h3-4,12-13H,1-2H3. The average Bonchev–Trinajstić information content (AvgIpc) is 2.72.